The van der Waals surface area contributed by atoms with Crippen molar-refractivity contribution < 1.29 is 9.53 Å². The predicted molar refractivity (Wildman–Crippen MR) is 65.9 cm³/mol. The lowest BCUT2D eigenvalue weighted by atomic mass is 9.92. The van der Waals surface area contributed by atoms with Gasteiger partial charge in [-0.15, -0.1) is 0 Å². The fraction of sp³-hybridized carbons (Fsp3) is 0.692. The summed E-state index contributed by atoms with van der Waals surface area (Å²) in [6.07, 6.45) is 8.14. The molecule has 5 nitrogen and oxygen atoms in total. The first-order chi connectivity index (χ1) is 8.74. The summed E-state index contributed by atoms with van der Waals surface area (Å²) >= 11 is 0. The highest BCUT2D eigenvalue weighted by Crippen LogP contribution is 2.43. The molecule has 3 rings (SSSR count). The summed E-state index contributed by atoms with van der Waals surface area (Å²) in [5, 5.41) is 7.74. The molecule has 1 aromatic heterocycles. The Hall–Kier alpha value is -1.36. The van der Waals surface area contributed by atoms with Crippen LogP contribution in [0.25, 0.3) is 0 Å². The summed E-state index contributed by atoms with van der Waals surface area (Å²) in [6.45, 7) is 0.563. The van der Waals surface area contributed by atoms with E-state index in [9.17, 15) is 4.79 Å². The quantitative estimate of drug-likeness (QED) is 0.763. The third kappa shape index (κ3) is 2.14. The molecule has 1 unspecified atom stereocenters. The molecule has 1 N–H and O–H groups in total. The van der Waals surface area contributed by atoms with Gasteiger partial charge in [-0.05, 0) is 37.7 Å². The van der Waals surface area contributed by atoms with Crippen molar-refractivity contribution in [3.05, 3.63) is 18.5 Å². The lowest BCUT2D eigenvalue weighted by molar-refractivity contribution is -0.150. The largest absolute Gasteiger partial charge is 0.468 e. The van der Waals surface area contributed by atoms with Crippen LogP contribution in [0.1, 0.15) is 25.7 Å². The van der Waals surface area contributed by atoms with E-state index in [1.54, 1.807) is 6.20 Å². The van der Waals surface area contributed by atoms with Gasteiger partial charge >= 0.3 is 5.97 Å². The van der Waals surface area contributed by atoms with Crippen molar-refractivity contribution in [3.8, 4) is 0 Å². The molecule has 1 heterocycles. The number of carbonyl (C=O) groups excluding carboxylic acids is 1. The first kappa shape index (κ1) is 11.7. The van der Waals surface area contributed by atoms with Gasteiger partial charge < -0.3 is 4.74 Å². The molecule has 0 bridgehead atoms. The van der Waals surface area contributed by atoms with Crippen molar-refractivity contribution in [2.24, 2.45) is 5.92 Å². The molecule has 0 aromatic carbocycles. The second kappa shape index (κ2) is 4.39. The molecule has 0 aliphatic heterocycles. The highest BCUT2D eigenvalue weighted by atomic mass is 16.5. The van der Waals surface area contributed by atoms with Gasteiger partial charge in [0.05, 0.1) is 13.7 Å². The molecule has 1 aromatic rings. The number of rotatable bonds is 6. The number of nitrogens with one attached hydrogen (secondary N) is 1. The zero-order valence-electron chi connectivity index (χ0n) is 10.6. The normalized spacial score (nSPS) is 22.5. The van der Waals surface area contributed by atoms with Gasteiger partial charge in [-0.2, -0.15) is 5.10 Å². The van der Waals surface area contributed by atoms with Crippen LogP contribution in [0.15, 0.2) is 18.5 Å². The van der Waals surface area contributed by atoms with Crippen LogP contribution >= 0.6 is 0 Å². The molecule has 2 fully saturated rings. The summed E-state index contributed by atoms with van der Waals surface area (Å²) in [6, 6.07) is 2.35. The second-order valence-corrected chi connectivity index (χ2v) is 5.36. The predicted octanol–water partition coefficient (Wildman–Crippen LogP) is 0.957. The van der Waals surface area contributed by atoms with Crippen LogP contribution in [0.5, 0.6) is 0 Å². The molecule has 2 aliphatic carbocycles. The van der Waals surface area contributed by atoms with E-state index in [1.807, 2.05) is 16.9 Å². The van der Waals surface area contributed by atoms with Crippen LogP contribution in [0.2, 0.25) is 0 Å². The number of ether oxygens (including phenoxy) is 1. The van der Waals surface area contributed by atoms with Crippen molar-refractivity contribution >= 4 is 5.97 Å². The van der Waals surface area contributed by atoms with E-state index in [-0.39, 0.29) is 5.97 Å². The molecule has 18 heavy (non-hydrogen) atoms. The van der Waals surface area contributed by atoms with Gasteiger partial charge in [0, 0.05) is 18.4 Å². The summed E-state index contributed by atoms with van der Waals surface area (Å²) in [4.78, 5) is 12.3. The van der Waals surface area contributed by atoms with Gasteiger partial charge in [0.25, 0.3) is 0 Å². The number of nitrogens with zero attached hydrogens (tertiary/aromatic N) is 2. The maximum atomic E-state index is 12.3. The molecule has 2 aliphatic rings. The van der Waals surface area contributed by atoms with Crippen LogP contribution in [-0.4, -0.2) is 34.4 Å². The van der Waals surface area contributed by atoms with Gasteiger partial charge in [0.2, 0.25) is 0 Å². The van der Waals surface area contributed by atoms with Gasteiger partial charge in [-0.3, -0.25) is 10.00 Å². The Morgan fingerprint density at radius 3 is 2.78 bits per heavy atom. The Kier molecular flexibility index (Phi) is 2.86. The Bertz CT molecular complexity index is 423. The average molecular weight is 249 g/mol. The number of methoxy groups -OCH3 is 1. The third-order valence-corrected chi connectivity index (χ3v) is 3.83. The molecule has 0 amide bonds. The molecule has 5 heteroatoms. The first-order valence-corrected chi connectivity index (χ1v) is 6.58. The molecule has 0 spiro atoms. The maximum absolute atomic E-state index is 12.3. The van der Waals surface area contributed by atoms with Crippen molar-refractivity contribution in [2.75, 3.05) is 7.11 Å². The molecular formula is C13H19N3O2. The molecule has 0 saturated heterocycles. The first-order valence-electron chi connectivity index (χ1n) is 6.58. The lowest BCUT2D eigenvalue weighted by Gasteiger charge is -2.32. The van der Waals surface area contributed by atoms with Crippen LogP contribution in [-0.2, 0) is 16.1 Å². The van der Waals surface area contributed by atoms with Gasteiger partial charge in [0.15, 0.2) is 0 Å². The topological polar surface area (TPSA) is 56.2 Å². The van der Waals surface area contributed by atoms with Crippen molar-refractivity contribution in [2.45, 2.75) is 43.8 Å². The summed E-state index contributed by atoms with van der Waals surface area (Å²) in [7, 11) is 1.47. The second-order valence-electron chi connectivity index (χ2n) is 5.36. The lowest BCUT2D eigenvalue weighted by Crippen LogP contribution is -2.58. The van der Waals surface area contributed by atoms with Crippen LogP contribution in [0.3, 0.4) is 0 Å². The van der Waals surface area contributed by atoms with Crippen molar-refractivity contribution in [1.29, 1.82) is 0 Å². The third-order valence-electron chi connectivity index (χ3n) is 3.83. The van der Waals surface area contributed by atoms with Crippen molar-refractivity contribution in [3.63, 3.8) is 0 Å². The fourth-order valence-electron chi connectivity index (χ4n) is 2.58. The minimum Gasteiger partial charge on any atom is -0.468 e. The minimum absolute atomic E-state index is 0.146. The number of carbonyl (C=O) groups is 1. The van der Waals surface area contributed by atoms with Crippen LogP contribution in [0, 0.1) is 5.92 Å². The summed E-state index contributed by atoms with van der Waals surface area (Å²) < 4.78 is 6.88. The number of hydrogen-bond acceptors (Lipinski definition) is 4. The monoisotopic (exact) mass is 249 g/mol. The number of hydrogen-bond donors (Lipinski definition) is 1. The molecule has 98 valence electrons. The van der Waals surface area contributed by atoms with E-state index in [2.05, 4.69) is 10.4 Å². The van der Waals surface area contributed by atoms with Gasteiger partial charge in [-0.25, -0.2) is 4.79 Å². The van der Waals surface area contributed by atoms with Crippen LogP contribution < -0.4 is 5.32 Å². The molecule has 0 radical (unpaired) electrons. The van der Waals surface area contributed by atoms with E-state index in [0.29, 0.717) is 18.5 Å². The van der Waals surface area contributed by atoms with E-state index in [4.69, 9.17) is 4.74 Å². The Labute approximate surface area is 107 Å². The maximum Gasteiger partial charge on any atom is 0.328 e. The average Bonchev–Trinajstić information content (AvgIpc) is 3.29. The number of esters is 1. The standard InChI is InChI=1S/C13H19N3O2/c1-18-12(17)13(10-3-4-10,15-11-5-6-11)9-16-8-2-7-14-16/h2,7-8,10-11,15H,3-6,9H2,1H3. The summed E-state index contributed by atoms with van der Waals surface area (Å²) in [5.74, 6) is 0.238. The smallest absolute Gasteiger partial charge is 0.328 e. The van der Waals surface area contributed by atoms with Crippen molar-refractivity contribution in [1.82, 2.24) is 15.1 Å². The summed E-state index contributed by atoms with van der Waals surface area (Å²) in [5.41, 5.74) is -0.581. The van der Waals surface area contributed by atoms with E-state index >= 15 is 0 Å². The van der Waals surface area contributed by atoms with E-state index in [0.717, 1.165) is 25.7 Å². The van der Waals surface area contributed by atoms with E-state index in [1.165, 1.54) is 7.11 Å². The molecular weight excluding hydrogens is 230 g/mol. The zero-order valence-corrected chi connectivity index (χ0v) is 10.6. The SMILES string of the molecule is COC(=O)C(Cn1cccn1)(NC1CC1)C1CC1. The number of aromatic nitrogens is 2. The highest BCUT2D eigenvalue weighted by Gasteiger charge is 2.54. The highest BCUT2D eigenvalue weighted by molar-refractivity contribution is 5.81. The molecule has 1 atom stereocenters. The Morgan fingerprint density at radius 2 is 2.28 bits per heavy atom. The zero-order chi connectivity index (χ0) is 12.6. The van der Waals surface area contributed by atoms with E-state index < -0.39 is 5.54 Å². The Balaban J connectivity index is 1.85. The van der Waals surface area contributed by atoms with Gasteiger partial charge in [0.1, 0.15) is 5.54 Å². The molecule has 2 saturated carbocycles. The minimum atomic E-state index is -0.581. The van der Waals surface area contributed by atoms with Gasteiger partial charge in [-0.1, -0.05) is 0 Å². The Morgan fingerprint density at radius 1 is 1.50 bits per heavy atom. The fourth-order valence-corrected chi connectivity index (χ4v) is 2.58. The van der Waals surface area contributed by atoms with Crippen LogP contribution in [0.4, 0.5) is 0 Å².